The molecule has 11 nitrogen and oxygen atoms in total. The predicted octanol–water partition coefficient (Wildman–Crippen LogP) is 8.24. The number of nitrogens with one attached hydrogen (secondary N) is 3. The van der Waals surface area contributed by atoms with E-state index in [1.165, 1.54) is 12.0 Å². The maximum Gasteiger partial charge on any atom is 0.342 e. The average Bonchev–Trinajstić information content (AvgIpc) is 3.25. The second-order valence-corrected chi connectivity index (χ2v) is 13.1. The third-order valence-electron chi connectivity index (χ3n) is 8.58. The largest absolute Gasteiger partial charge is 0.495 e. The quantitative estimate of drug-likeness (QED) is 0.105. The van der Waals surface area contributed by atoms with Crippen LogP contribution < -0.4 is 25.6 Å². The molecule has 0 saturated heterocycles. The molecule has 4 amide bonds. The summed E-state index contributed by atoms with van der Waals surface area (Å²) in [6.07, 6.45) is -2.75. The van der Waals surface area contributed by atoms with Gasteiger partial charge in [0.05, 0.1) is 31.5 Å². The number of urea groups is 1. The highest BCUT2D eigenvalue weighted by Crippen LogP contribution is 2.40. The molecule has 5 aromatic carbocycles. The maximum absolute atomic E-state index is 13.9. The highest BCUT2D eigenvalue weighted by atomic mass is 35.5. The van der Waals surface area contributed by atoms with E-state index in [1.807, 2.05) is 31.2 Å². The Labute approximate surface area is 315 Å². The lowest BCUT2D eigenvalue weighted by Gasteiger charge is -2.25. The van der Waals surface area contributed by atoms with Crippen LogP contribution in [0.2, 0.25) is 10.0 Å². The van der Waals surface area contributed by atoms with Crippen molar-refractivity contribution in [2.24, 2.45) is 0 Å². The maximum atomic E-state index is 13.9. The van der Waals surface area contributed by atoms with Gasteiger partial charge in [0.25, 0.3) is 5.91 Å². The van der Waals surface area contributed by atoms with Crippen molar-refractivity contribution < 1.29 is 33.8 Å². The van der Waals surface area contributed by atoms with Crippen molar-refractivity contribution in [2.45, 2.75) is 32.1 Å². The summed E-state index contributed by atoms with van der Waals surface area (Å²) < 4.78 is 11.5. The number of carbonyl (C=O) groups excluding carboxylic acids is 3. The summed E-state index contributed by atoms with van der Waals surface area (Å²) in [7, 11) is 1.47. The number of carbonyl (C=O) groups is 4. The van der Waals surface area contributed by atoms with Gasteiger partial charge in [-0.15, -0.1) is 0 Å². The molecule has 1 heterocycles. The van der Waals surface area contributed by atoms with Crippen LogP contribution in [0.5, 0.6) is 5.75 Å². The van der Waals surface area contributed by atoms with Crippen LogP contribution in [0, 0.1) is 6.92 Å². The number of aryl methyl sites for hydroxylation is 1. The SMILES string of the molecule is COc1cc(CC(=O)Nc2ccc(Cl)c(CN3C(=O)C(C(=O)O)OC(c4ccccc4)c4cc(Cl)ccc43)c2)ccc1NC(=O)Nc1ccccc1C. The summed E-state index contributed by atoms with van der Waals surface area (Å²) in [5.41, 5.74) is 5.03. The summed E-state index contributed by atoms with van der Waals surface area (Å²) in [6.45, 7) is 1.76. The summed E-state index contributed by atoms with van der Waals surface area (Å²) in [5.74, 6) is -2.23. The number of fused-ring (bicyclic) bond motifs is 1. The first-order valence-corrected chi connectivity index (χ1v) is 17.2. The number of benzene rings is 5. The molecule has 0 spiro atoms. The third kappa shape index (κ3) is 8.61. The van der Waals surface area contributed by atoms with Crippen molar-refractivity contribution in [3.63, 3.8) is 0 Å². The molecule has 0 aromatic heterocycles. The number of aliphatic carboxylic acids is 1. The van der Waals surface area contributed by atoms with Gasteiger partial charge in [-0.3, -0.25) is 9.59 Å². The van der Waals surface area contributed by atoms with E-state index in [-0.39, 0.29) is 18.9 Å². The first-order chi connectivity index (χ1) is 25.5. The highest BCUT2D eigenvalue weighted by molar-refractivity contribution is 6.31. The van der Waals surface area contributed by atoms with Gasteiger partial charge in [0.1, 0.15) is 11.9 Å². The van der Waals surface area contributed by atoms with Gasteiger partial charge in [-0.1, -0.05) is 77.8 Å². The second kappa shape index (κ2) is 16.2. The number of carboxylic acid groups (broad SMARTS) is 1. The molecule has 53 heavy (non-hydrogen) atoms. The van der Waals surface area contributed by atoms with Crippen LogP contribution in [-0.4, -0.2) is 42.1 Å². The van der Waals surface area contributed by atoms with E-state index in [4.69, 9.17) is 32.7 Å². The predicted molar refractivity (Wildman–Crippen MR) is 204 cm³/mol. The Hall–Kier alpha value is -5.88. The third-order valence-corrected chi connectivity index (χ3v) is 9.19. The number of hydrogen-bond acceptors (Lipinski definition) is 6. The van der Waals surface area contributed by atoms with Crippen LogP contribution in [-0.2, 0) is 32.1 Å². The molecule has 5 aromatic rings. The van der Waals surface area contributed by atoms with Gasteiger partial charge in [-0.2, -0.15) is 0 Å². The molecule has 0 bridgehead atoms. The number of para-hydroxylation sites is 1. The standard InChI is InChI=1S/C40H34Cl2N4O7/c1-23-8-6-7-11-31(23)44-40(51)45-32-16-12-24(18-34(32)52-2)19-35(47)43-28-14-15-30(42)26(20-28)22-46-33-17-13-27(41)21-29(33)36(25-9-4-3-5-10-25)53-37(38(46)48)39(49)50/h3-18,20-21,36-37H,19,22H2,1-2H3,(H,43,47)(H,49,50)(H2,44,45,51). The van der Waals surface area contributed by atoms with Gasteiger partial charge in [-0.05, 0) is 83.8 Å². The van der Waals surface area contributed by atoms with Gasteiger partial charge in [0.15, 0.2) is 0 Å². The summed E-state index contributed by atoms with van der Waals surface area (Å²) in [6, 6.07) is 30.7. The summed E-state index contributed by atoms with van der Waals surface area (Å²) in [4.78, 5) is 53.4. The topological polar surface area (TPSA) is 146 Å². The monoisotopic (exact) mass is 752 g/mol. The fourth-order valence-corrected chi connectivity index (χ4v) is 6.35. The Bertz CT molecular complexity index is 2200. The Morgan fingerprint density at radius 3 is 2.32 bits per heavy atom. The number of anilines is 4. The Kier molecular flexibility index (Phi) is 11.3. The van der Waals surface area contributed by atoms with Crippen molar-refractivity contribution in [3.8, 4) is 5.75 Å². The van der Waals surface area contributed by atoms with Crippen LogP contribution in [0.25, 0.3) is 0 Å². The summed E-state index contributed by atoms with van der Waals surface area (Å²) in [5, 5.41) is 19.2. The van der Waals surface area contributed by atoms with E-state index >= 15 is 0 Å². The Morgan fingerprint density at radius 2 is 1.58 bits per heavy atom. The molecule has 6 rings (SSSR count). The molecule has 0 saturated carbocycles. The average molecular weight is 754 g/mol. The number of ether oxygens (including phenoxy) is 2. The first kappa shape index (κ1) is 36.9. The highest BCUT2D eigenvalue weighted by Gasteiger charge is 2.41. The number of halogens is 2. The van der Waals surface area contributed by atoms with Crippen LogP contribution in [0.3, 0.4) is 0 Å². The zero-order valence-electron chi connectivity index (χ0n) is 28.6. The zero-order valence-corrected chi connectivity index (χ0v) is 30.1. The van der Waals surface area contributed by atoms with Crippen molar-refractivity contribution in [1.82, 2.24) is 0 Å². The summed E-state index contributed by atoms with van der Waals surface area (Å²) >= 11 is 13.0. The van der Waals surface area contributed by atoms with Crippen LogP contribution in [0.4, 0.5) is 27.5 Å². The molecular weight excluding hydrogens is 719 g/mol. The number of rotatable bonds is 10. The van der Waals surface area contributed by atoms with Crippen molar-refractivity contribution in [3.05, 3.63) is 147 Å². The molecule has 2 atom stereocenters. The molecule has 4 N–H and O–H groups in total. The Morgan fingerprint density at radius 1 is 0.849 bits per heavy atom. The van der Waals surface area contributed by atoms with Gasteiger partial charge >= 0.3 is 12.0 Å². The van der Waals surface area contributed by atoms with E-state index in [2.05, 4.69) is 16.0 Å². The van der Waals surface area contributed by atoms with Crippen molar-refractivity contribution >= 4 is 69.8 Å². The smallest absolute Gasteiger partial charge is 0.342 e. The first-order valence-electron chi connectivity index (χ1n) is 16.4. The second-order valence-electron chi connectivity index (χ2n) is 12.2. The molecule has 270 valence electrons. The minimum atomic E-state index is -1.82. The Balaban J connectivity index is 1.19. The molecule has 2 unspecified atom stereocenters. The molecule has 0 aliphatic carbocycles. The molecule has 0 radical (unpaired) electrons. The lowest BCUT2D eigenvalue weighted by atomic mass is 9.99. The molecule has 13 heteroatoms. The lowest BCUT2D eigenvalue weighted by Crippen LogP contribution is -2.43. The van der Waals surface area contributed by atoms with Crippen LogP contribution in [0.1, 0.15) is 33.9 Å². The van der Waals surface area contributed by atoms with E-state index in [9.17, 15) is 24.3 Å². The van der Waals surface area contributed by atoms with Gasteiger partial charge in [0, 0.05) is 27.0 Å². The molecular formula is C40H34Cl2N4O7. The number of nitrogens with zero attached hydrogens (tertiary/aromatic N) is 1. The van der Waals surface area contributed by atoms with E-state index in [1.54, 1.807) is 84.9 Å². The zero-order chi connectivity index (χ0) is 37.6. The van der Waals surface area contributed by atoms with E-state index < -0.39 is 30.1 Å². The van der Waals surface area contributed by atoms with Crippen molar-refractivity contribution in [1.29, 1.82) is 0 Å². The van der Waals surface area contributed by atoms with Crippen LogP contribution in [0.15, 0.2) is 109 Å². The molecule has 1 aliphatic heterocycles. The van der Waals surface area contributed by atoms with E-state index in [0.717, 1.165) is 5.56 Å². The van der Waals surface area contributed by atoms with Crippen molar-refractivity contribution in [2.75, 3.05) is 28.0 Å². The number of hydrogen-bond donors (Lipinski definition) is 4. The fraction of sp³-hybridized carbons (Fsp3) is 0.150. The minimum Gasteiger partial charge on any atom is -0.495 e. The van der Waals surface area contributed by atoms with E-state index in [0.29, 0.717) is 60.8 Å². The fourth-order valence-electron chi connectivity index (χ4n) is 5.99. The van der Waals surface area contributed by atoms with Gasteiger partial charge in [0.2, 0.25) is 12.0 Å². The van der Waals surface area contributed by atoms with Gasteiger partial charge < -0.3 is 35.4 Å². The molecule has 1 aliphatic rings. The van der Waals surface area contributed by atoms with Gasteiger partial charge in [-0.25, -0.2) is 9.59 Å². The lowest BCUT2D eigenvalue weighted by molar-refractivity contribution is -0.158. The number of methoxy groups -OCH3 is 1. The van der Waals surface area contributed by atoms with Crippen LogP contribution >= 0.6 is 23.2 Å². The molecule has 0 fully saturated rings. The number of amides is 4. The normalized spacial score (nSPS) is 15.2. The minimum absolute atomic E-state index is 0.0265. The number of carboxylic acids is 1.